The van der Waals surface area contributed by atoms with E-state index in [2.05, 4.69) is 15.2 Å². The Hall–Kier alpha value is -2.29. The van der Waals surface area contributed by atoms with Crippen LogP contribution in [0.3, 0.4) is 0 Å². The summed E-state index contributed by atoms with van der Waals surface area (Å²) in [5.41, 5.74) is 2.60. The molecule has 1 aromatic carbocycles. The van der Waals surface area contributed by atoms with Gasteiger partial charge < -0.3 is 4.90 Å². The van der Waals surface area contributed by atoms with Gasteiger partial charge in [-0.25, -0.2) is 4.98 Å². The van der Waals surface area contributed by atoms with Crippen molar-refractivity contribution < 1.29 is 4.79 Å². The van der Waals surface area contributed by atoms with Gasteiger partial charge in [0.1, 0.15) is 16.2 Å². The molecule has 1 amide bonds. The van der Waals surface area contributed by atoms with Crippen molar-refractivity contribution in [2.45, 2.75) is 31.8 Å². The zero-order valence-corrected chi connectivity index (χ0v) is 18.8. The molecule has 0 atom stereocenters. The Morgan fingerprint density at radius 1 is 1.14 bits per heavy atom. The normalized spacial score (nSPS) is 11.3. The maximum Gasteiger partial charge on any atom is 0.237 e. The summed E-state index contributed by atoms with van der Waals surface area (Å²) in [6, 6.07) is 13.9. The lowest BCUT2D eigenvalue weighted by atomic mass is 10.2. The van der Waals surface area contributed by atoms with Gasteiger partial charge >= 0.3 is 0 Å². The Morgan fingerprint density at radius 3 is 2.62 bits per heavy atom. The quantitative estimate of drug-likeness (QED) is 0.362. The van der Waals surface area contributed by atoms with Crippen molar-refractivity contribution in [2.75, 3.05) is 10.7 Å². The second-order valence-electron chi connectivity index (χ2n) is 6.72. The van der Waals surface area contributed by atoms with E-state index in [1.807, 2.05) is 73.5 Å². The lowest BCUT2D eigenvalue weighted by Gasteiger charge is -2.26. The lowest BCUT2D eigenvalue weighted by Crippen LogP contribution is -2.38. The molecule has 0 saturated heterocycles. The second kappa shape index (κ2) is 8.61. The first kappa shape index (κ1) is 20.0. The van der Waals surface area contributed by atoms with Crippen LogP contribution in [0.5, 0.6) is 0 Å². The van der Waals surface area contributed by atoms with Crippen LogP contribution in [0, 0.1) is 6.92 Å². The number of thioether (sulfide) groups is 1. The number of hydrogen-bond donors (Lipinski definition) is 0. The Balaban J connectivity index is 1.60. The van der Waals surface area contributed by atoms with Crippen LogP contribution in [0.2, 0.25) is 0 Å². The third-order valence-electron chi connectivity index (χ3n) is 4.30. The fourth-order valence-electron chi connectivity index (χ4n) is 3.11. The summed E-state index contributed by atoms with van der Waals surface area (Å²) >= 11 is 4.66. The number of aromatic nitrogens is 3. The SMILES string of the molecule is Cc1nc2c(SCC(=O)N(c3ccccc3)C(C)C)nnc(-c3cccs3)c2s1. The molecule has 0 aliphatic heterocycles. The van der Waals surface area contributed by atoms with Gasteiger partial charge in [-0.05, 0) is 44.4 Å². The predicted octanol–water partition coefficient (Wildman–Crippen LogP) is 5.66. The Bertz CT molecular complexity index is 1120. The summed E-state index contributed by atoms with van der Waals surface area (Å²) in [6.07, 6.45) is 0. The highest BCUT2D eigenvalue weighted by molar-refractivity contribution is 8.00. The molecular weight excluding hydrogens is 420 g/mol. The summed E-state index contributed by atoms with van der Waals surface area (Å²) in [5, 5.41) is 12.6. The van der Waals surface area contributed by atoms with Crippen molar-refractivity contribution >= 4 is 56.2 Å². The number of amides is 1. The average Bonchev–Trinajstić information content (AvgIpc) is 3.36. The van der Waals surface area contributed by atoms with Crippen LogP contribution in [0.25, 0.3) is 20.8 Å². The minimum atomic E-state index is 0.0421. The van der Waals surface area contributed by atoms with Crippen LogP contribution in [-0.4, -0.2) is 32.9 Å². The van der Waals surface area contributed by atoms with Crippen molar-refractivity contribution in [3.05, 3.63) is 52.9 Å². The smallest absolute Gasteiger partial charge is 0.237 e. The first-order valence-electron chi connectivity index (χ1n) is 9.22. The van der Waals surface area contributed by atoms with Gasteiger partial charge in [0.25, 0.3) is 0 Å². The number of anilines is 1. The van der Waals surface area contributed by atoms with E-state index >= 15 is 0 Å². The molecule has 4 aromatic rings. The van der Waals surface area contributed by atoms with Crippen LogP contribution < -0.4 is 4.90 Å². The molecule has 4 rings (SSSR count). The fourth-order valence-corrected chi connectivity index (χ4v) is 5.66. The third-order valence-corrected chi connectivity index (χ3v) is 7.09. The summed E-state index contributed by atoms with van der Waals surface area (Å²) in [5.74, 6) is 0.326. The molecule has 148 valence electrons. The van der Waals surface area contributed by atoms with E-state index in [0.717, 1.165) is 31.5 Å². The number of carbonyl (C=O) groups excluding carboxylic acids is 1. The molecular formula is C21H20N4OS3. The highest BCUT2D eigenvalue weighted by atomic mass is 32.2. The van der Waals surface area contributed by atoms with Crippen LogP contribution >= 0.6 is 34.4 Å². The number of thiophene rings is 1. The van der Waals surface area contributed by atoms with Crippen LogP contribution in [0.1, 0.15) is 18.9 Å². The topological polar surface area (TPSA) is 59.0 Å². The average molecular weight is 441 g/mol. The second-order valence-corrected chi connectivity index (χ2v) is 9.84. The Kier molecular flexibility index (Phi) is 5.94. The van der Waals surface area contributed by atoms with Gasteiger partial charge in [-0.3, -0.25) is 4.79 Å². The van der Waals surface area contributed by atoms with Crippen LogP contribution in [0.4, 0.5) is 5.69 Å². The van der Waals surface area contributed by atoms with Gasteiger partial charge in [0, 0.05) is 11.7 Å². The first-order valence-corrected chi connectivity index (χ1v) is 11.9. The van der Waals surface area contributed by atoms with Crippen molar-refractivity contribution in [1.82, 2.24) is 15.2 Å². The molecule has 0 unspecified atom stereocenters. The van der Waals surface area contributed by atoms with Gasteiger partial charge in [0.15, 0.2) is 0 Å². The highest BCUT2D eigenvalue weighted by Gasteiger charge is 2.21. The molecule has 3 heterocycles. The van der Waals surface area contributed by atoms with Gasteiger partial charge in [0.2, 0.25) is 5.91 Å². The monoisotopic (exact) mass is 440 g/mol. The van der Waals surface area contributed by atoms with Crippen LogP contribution in [-0.2, 0) is 4.79 Å². The lowest BCUT2D eigenvalue weighted by molar-refractivity contribution is -0.116. The molecule has 29 heavy (non-hydrogen) atoms. The predicted molar refractivity (Wildman–Crippen MR) is 123 cm³/mol. The van der Waals surface area contributed by atoms with Gasteiger partial charge in [-0.2, -0.15) is 0 Å². The summed E-state index contributed by atoms with van der Waals surface area (Å²) < 4.78 is 1.03. The molecule has 0 spiro atoms. The number of rotatable bonds is 6. The van der Waals surface area contributed by atoms with E-state index in [4.69, 9.17) is 0 Å². The molecule has 0 saturated carbocycles. The summed E-state index contributed by atoms with van der Waals surface area (Å²) in [4.78, 5) is 20.6. The number of benzene rings is 1. The molecule has 0 bridgehead atoms. The third kappa shape index (κ3) is 4.19. The largest absolute Gasteiger partial charge is 0.309 e. The molecule has 0 N–H and O–H groups in total. The van der Waals surface area contributed by atoms with E-state index in [9.17, 15) is 4.79 Å². The minimum Gasteiger partial charge on any atom is -0.309 e. The molecule has 8 heteroatoms. The molecule has 0 aliphatic carbocycles. The van der Waals surface area contributed by atoms with E-state index < -0.39 is 0 Å². The van der Waals surface area contributed by atoms with Gasteiger partial charge in [0.05, 0.1) is 20.3 Å². The van der Waals surface area contributed by atoms with Crippen molar-refractivity contribution in [3.63, 3.8) is 0 Å². The fraction of sp³-hybridized carbons (Fsp3) is 0.238. The van der Waals surface area contributed by atoms with Crippen LogP contribution in [0.15, 0.2) is 52.9 Å². The zero-order chi connectivity index (χ0) is 20.4. The summed E-state index contributed by atoms with van der Waals surface area (Å²) in [6.45, 7) is 6.03. The number of fused-ring (bicyclic) bond motifs is 1. The van der Waals surface area contributed by atoms with E-state index in [1.165, 1.54) is 11.8 Å². The number of aryl methyl sites for hydroxylation is 1. The molecule has 5 nitrogen and oxygen atoms in total. The van der Waals surface area contributed by atoms with E-state index in [1.54, 1.807) is 22.7 Å². The Labute approximate surface area is 181 Å². The molecule has 3 aromatic heterocycles. The maximum atomic E-state index is 13.0. The van der Waals surface area contributed by atoms with E-state index in [0.29, 0.717) is 5.03 Å². The maximum absolute atomic E-state index is 13.0. The first-order chi connectivity index (χ1) is 14.0. The molecule has 0 radical (unpaired) electrons. The van der Waals surface area contributed by atoms with Crippen molar-refractivity contribution in [2.24, 2.45) is 0 Å². The number of carbonyl (C=O) groups is 1. The van der Waals surface area contributed by atoms with Gasteiger partial charge in [-0.15, -0.1) is 32.9 Å². The zero-order valence-electron chi connectivity index (χ0n) is 16.3. The van der Waals surface area contributed by atoms with Crippen molar-refractivity contribution in [3.8, 4) is 10.6 Å². The number of nitrogens with zero attached hydrogens (tertiary/aromatic N) is 4. The number of thiazole rings is 1. The number of hydrogen-bond acceptors (Lipinski definition) is 7. The number of para-hydroxylation sites is 1. The van der Waals surface area contributed by atoms with Gasteiger partial charge in [-0.1, -0.05) is 36.0 Å². The summed E-state index contributed by atoms with van der Waals surface area (Å²) in [7, 11) is 0. The minimum absolute atomic E-state index is 0.0421. The van der Waals surface area contributed by atoms with Crippen molar-refractivity contribution in [1.29, 1.82) is 0 Å². The molecule has 0 aliphatic rings. The standard InChI is InChI=1S/C21H20N4OS3/c1-13(2)25(15-8-5-4-6-9-15)17(26)12-28-21-19-20(29-14(3)22-19)18(23-24-21)16-10-7-11-27-16/h4-11,13H,12H2,1-3H3. The molecule has 0 fully saturated rings. The highest BCUT2D eigenvalue weighted by Crippen LogP contribution is 2.37. The Morgan fingerprint density at radius 2 is 1.93 bits per heavy atom. The van der Waals surface area contributed by atoms with E-state index in [-0.39, 0.29) is 17.7 Å².